The van der Waals surface area contributed by atoms with Crippen molar-refractivity contribution in [3.63, 3.8) is 0 Å². The van der Waals surface area contributed by atoms with E-state index in [1.165, 1.54) is 0 Å². The lowest BCUT2D eigenvalue weighted by molar-refractivity contribution is 0.255. The number of aliphatic hydroxyl groups excluding tert-OH is 1. The van der Waals surface area contributed by atoms with Gasteiger partial charge in [-0.15, -0.1) is 0 Å². The molecule has 86 valence electrons. The van der Waals surface area contributed by atoms with Gasteiger partial charge in [-0.2, -0.15) is 0 Å². The molecule has 2 aromatic heterocycles. The van der Waals surface area contributed by atoms with Crippen molar-refractivity contribution in [2.45, 2.75) is 18.3 Å². The fourth-order valence-electron chi connectivity index (χ4n) is 2.24. The number of rotatable bonds is 3. The van der Waals surface area contributed by atoms with Gasteiger partial charge in [0.15, 0.2) is 0 Å². The third-order valence-electron chi connectivity index (χ3n) is 3.49. The number of hydrogen-bond donors (Lipinski definition) is 1. The first-order valence-corrected chi connectivity index (χ1v) is 5.82. The molecule has 1 aliphatic carbocycles. The minimum atomic E-state index is -0.0487. The van der Waals surface area contributed by atoms with E-state index >= 15 is 0 Å². The van der Waals surface area contributed by atoms with Crippen LogP contribution in [0.4, 0.5) is 0 Å². The van der Waals surface area contributed by atoms with E-state index in [-0.39, 0.29) is 12.0 Å². The molecule has 1 fully saturated rings. The van der Waals surface area contributed by atoms with Crippen molar-refractivity contribution in [1.29, 1.82) is 0 Å². The monoisotopic (exact) mass is 226 g/mol. The largest absolute Gasteiger partial charge is 0.395 e. The molecule has 1 saturated carbocycles. The summed E-state index contributed by atoms with van der Waals surface area (Å²) in [4.78, 5) is 8.49. The van der Waals surface area contributed by atoms with Crippen LogP contribution in [0.25, 0.3) is 11.3 Å². The zero-order valence-corrected chi connectivity index (χ0v) is 9.50. The molecule has 0 aromatic carbocycles. The standard InChI is InChI=1S/C14H14N2O/c17-10-14(5-6-14)12-2-1-7-16-13(12)11-3-8-15-9-4-11/h1-4,7-9,17H,5-6,10H2. The summed E-state index contributed by atoms with van der Waals surface area (Å²) in [5.41, 5.74) is 3.15. The van der Waals surface area contributed by atoms with Gasteiger partial charge in [0, 0.05) is 29.6 Å². The van der Waals surface area contributed by atoms with Crippen LogP contribution in [0.2, 0.25) is 0 Å². The molecule has 2 aromatic rings. The smallest absolute Gasteiger partial charge is 0.0741 e. The molecule has 17 heavy (non-hydrogen) atoms. The number of pyridine rings is 2. The highest BCUT2D eigenvalue weighted by Gasteiger charge is 2.45. The van der Waals surface area contributed by atoms with E-state index < -0.39 is 0 Å². The van der Waals surface area contributed by atoms with E-state index in [1.54, 1.807) is 18.6 Å². The van der Waals surface area contributed by atoms with Crippen molar-refractivity contribution < 1.29 is 5.11 Å². The Hall–Kier alpha value is -1.74. The predicted molar refractivity (Wildman–Crippen MR) is 65.5 cm³/mol. The molecule has 1 aliphatic rings. The molecule has 3 heteroatoms. The second-order valence-corrected chi connectivity index (χ2v) is 4.57. The Morgan fingerprint density at radius 2 is 1.88 bits per heavy atom. The predicted octanol–water partition coefficient (Wildman–Crippen LogP) is 2.17. The number of aromatic nitrogens is 2. The van der Waals surface area contributed by atoms with Crippen molar-refractivity contribution in [2.24, 2.45) is 0 Å². The first-order valence-electron chi connectivity index (χ1n) is 5.82. The van der Waals surface area contributed by atoms with Crippen molar-refractivity contribution in [3.8, 4) is 11.3 Å². The third kappa shape index (κ3) is 1.72. The van der Waals surface area contributed by atoms with Crippen LogP contribution in [0, 0.1) is 0 Å². The van der Waals surface area contributed by atoms with Gasteiger partial charge in [0.1, 0.15) is 0 Å². The summed E-state index contributed by atoms with van der Waals surface area (Å²) in [6.45, 7) is 0.205. The number of nitrogens with zero attached hydrogens (tertiary/aromatic N) is 2. The molecule has 0 spiro atoms. The maximum absolute atomic E-state index is 9.54. The minimum Gasteiger partial charge on any atom is -0.395 e. The molecule has 2 heterocycles. The van der Waals surface area contributed by atoms with E-state index in [9.17, 15) is 5.11 Å². The molecule has 0 atom stereocenters. The maximum Gasteiger partial charge on any atom is 0.0741 e. The van der Waals surface area contributed by atoms with Crippen LogP contribution in [-0.2, 0) is 5.41 Å². The van der Waals surface area contributed by atoms with Crippen LogP contribution >= 0.6 is 0 Å². The van der Waals surface area contributed by atoms with E-state index in [2.05, 4.69) is 16.0 Å². The first kappa shape index (κ1) is 10.4. The lowest BCUT2D eigenvalue weighted by Crippen LogP contribution is -2.13. The van der Waals surface area contributed by atoms with Crippen molar-refractivity contribution in [1.82, 2.24) is 9.97 Å². The number of hydrogen-bond acceptors (Lipinski definition) is 3. The molecular formula is C14H14N2O. The molecule has 0 bridgehead atoms. The average Bonchev–Trinajstić information content (AvgIpc) is 3.21. The Morgan fingerprint density at radius 1 is 1.12 bits per heavy atom. The Balaban J connectivity index is 2.12. The molecule has 0 unspecified atom stereocenters. The van der Waals surface area contributed by atoms with Crippen LogP contribution < -0.4 is 0 Å². The lowest BCUT2D eigenvalue weighted by atomic mass is 9.93. The second-order valence-electron chi connectivity index (χ2n) is 4.57. The number of aliphatic hydroxyl groups is 1. The Kier molecular flexibility index (Phi) is 2.41. The molecule has 0 amide bonds. The summed E-state index contributed by atoms with van der Waals surface area (Å²) < 4.78 is 0. The summed E-state index contributed by atoms with van der Waals surface area (Å²) in [5.74, 6) is 0. The molecule has 0 radical (unpaired) electrons. The van der Waals surface area contributed by atoms with Crippen molar-refractivity contribution in [2.75, 3.05) is 6.61 Å². The molecule has 1 N–H and O–H groups in total. The highest BCUT2D eigenvalue weighted by molar-refractivity contribution is 5.65. The zero-order valence-electron chi connectivity index (χ0n) is 9.50. The fraction of sp³-hybridized carbons (Fsp3) is 0.286. The van der Waals surface area contributed by atoms with E-state index in [1.807, 2.05) is 18.2 Å². The van der Waals surface area contributed by atoms with E-state index in [0.717, 1.165) is 29.7 Å². The van der Waals surface area contributed by atoms with Crippen LogP contribution in [0.5, 0.6) is 0 Å². The van der Waals surface area contributed by atoms with E-state index in [0.29, 0.717) is 0 Å². The fourth-order valence-corrected chi connectivity index (χ4v) is 2.24. The Bertz CT molecular complexity index is 521. The van der Waals surface area contributed by atoms with Gasteiger partial charge in [-0.1, -0.05) is 6.07 Å². The summed E-state index contributed by atoms with van der Waals surface area (Å²) in [6.07, 6.45) is 7.44. The van der Waals surface area contributed by atoms with Gasteiger partial charge in [-0.05, 0) is 36.6 Å². The lowest BCUT2D eigenvalue weighted by Gasteiger charge is -2.16. The topological polar surface area (TPSA) is 46.0 Å². The quantitative estimate of drug-likeness (QED) is 0.872. The summed E-state index contributed by atoms with van der Waals surface area (Å²) in [7, 11) is 0. The average molecular weight is 226 g/mol. The first-order chi connectivity index (χ1) is 8.36. The normalized spacial score (nSPS) is 16.8. The third-order valence-corrected chi connectivity index (χ3v) is 3.49. The van der Waals surface area contributed by atoms with Gasteiger partial charge in [0.25, 0.3) is 0 Å². The van der Waals surface area contributed by atoms with Gasteiger partial charge >= 0.3 is 0 Å². The Labute approximate surface area is 100 Å². The maximum atomic E-state index is 9.54. The van der Waals surface area contributed by atoms with Gasteiger partial charge < -0.3 is 5.11 Å². The van der Waals surface area contributed by atoms with Gasteiger partial charge in [-0.25, -0.2) is 0 Å². The van der Waals surface area contributed by atoms with E-state index in [4.69, 9.17) is 0 Å². The summed E-state index contributed by atoms with van der Waals surface area (Å²) in [6, 6.07) is 7.93. The molecule has 0 saturated heterocycles. The summed E-state index contributed by atoms with van der Waals surface area (Å²) >= 11 is 0. The van der Waals surface area contributed by atoms with Crippen LogP contribution in [-0.4, -0.2) is 21.7 Å². The summed E-state index contributed by atoms with van der Waals surface area (Å²) in [5, 5.41) is 9.54. The second kappa shape index (κ2) is 3.93. The molecule has 3 rings (SSSR count). The molecule has 0 aliphatic heterocycles. The van der Waals surface area contributed by atoms with Crippen molar-refractivity contribution in [3.05, 3.63) is 48.4 Å². The van der Waals surface area contributed by atoms with Gasteiger partial charge in [-0.3, -0.25) is 9.97 Å². The zero-order chi connectivity index (χ0) is 11.7. The minimum absolute atomic E-state index is 0.0487. The van der Waals surface area contributed by atoms with Crippen LogP contribution in [0.1, 0.15) is 18.4 Å². The highest BCUT2D eigenvalue weighted by atomic mass is 16.3. The van der Waals surface area contributed by atoms with Gasteiger partial charge in [0.2, 0.25) is 0 Å². The SMILES string of the molecule is OCC1(c2cccnc2-c2ccncc2)CC1. The molecule has 3 nitrogen and oxygen atoms in total. The van der Waals surface area contributed by atoms with Crippen LogP contribution in [0.3, 0.4) is 0 Å². The van der Waals surface area contributed by atoms with Crippen molar-refractivity contribution >= 4 is 0 Å². The highest BCUT2D eigenvalue weighted by Crippen LogP contribution is 2.50. The van der Waals surface area contributed by atoms with Gasteiger partial charge in [0.05, 0.1) is 12.3 Å². The molecular weight excluding hydrogens is 212 g/mol. The van der Waals surface area contributed by atoms with Crippen LogP contribution in [0.15, 0.2) is 42.9 Å². The Morgan fingerprint density at radius 3 is 2.53 bits per heavy atom.